The summed E-state index contributed by atoms with van der Waals surface area (Å²) < 4.78 is 0. The van der Waals surface area contributed by atoms with Crippen LogP contribution in [0, 0.1) is 5.92 Å². The van der Waals surface area contributed by atoms with Crippen molar-refractivity contribution in [3.05, 3.63) is 34.9 Å². The average Bonchev–Trinajstić information content (AvgIpc) is 2.86. The lowest BCUT2D eigenvalue weighted by Crippen LogP contribution is -2.46. The van der Waals surface area contributed by atoms with Gasteiger partial charge in [0.15, 0.2) is 5.96 Å². The summed E-state index contributed by atoms with van der Waals surface area (Å²) in [5, 5.41) is 7.68. The molecule has 2 atom stereocenters. The molecule has 4 nitrogen and oxygen atoms in total. The van der Waals surface area contributed by atoms with Crippen molar-refractivity contribution in [1.82, 2.24) is 15.5 Å². The number of nitrogens with one attached hydrogen (secondary N) is 2. The van der Waals surface area contributed by atoms with E-state index in [9.17, 15) is 0 Å². The Labute approximate surface area is 162 Å². The minimum atomic E-state index is 0. The maximum absolute atomic E-state index is 6.19. The molecule has 2 rings (SSSR count). The van der Waals surface area contributed by atoms with E-state index in [0.717, 1.165) is 29.6 Å². The minimum Gasteiger partial charge on any atom is -0.352 e. The van der Waals surface area contributed by atoms with Gasteiger partial charge in [-0.15, -0.1) is 24.0 Å². The zero-order chi connectivity index (χ0) is 16.1. The average molecular weight is 451 g/mol. The lowest BCUT2D eigenvalue weighted by Gasteiger charge is -2.22. The SMILES string of the molecule is CN=C(NCc1ccccc1Cl)NC1CN(C(C)C)CC1C.I. The summed E-state index contributed by atoms with van der Waals surface area (Å²) >= 11 is 6.19. The number of halogens is 2. The molecule has 0 aromatic heterocycles. The van der Waals surface area contributed by atoms with Crippen LogP contribution in [0.3, 0.4) is 0 Å². The predicted octanol–water partition coefficient (Wildman–Crippen LogP) is 3.35. The number of rotatable bonds is 4. The maximum atomic E-state index is 6.19. The molecular weight excluding hydrogens is 423 g/mol. The molecule has 2 N–H and O–H groups in total. The van der Waals surface area contributed by atoms with E-state index >= 15 is 0 Å². The van der Waals surface area contributed by atoms with Gasteiger partial charge in [-0.25, -0.2) is 0 Å². The van der Waals surface area contributed by atoms with Gasteiger partial charge in [-0.1, -0.05) is 36.7 Å². The Kier molecular flexibility index (Phi) is 8.64. The first-order valence-corrected chi connectivity index (χ1v) is 8.33. The Morgan fingerprint density at radius 1 is 1.35 bits per heavy atom. The van der Waals surface area contributed by atoms with Crippen LogP contribution in [-0.2, 0) is 6.54 Å². The summed E-state index contributed by atoms with van der Waals surface area (Å²) in [5.41, 5.74) is 1.08. The third-order valence-electron chi connectivity index (χ3n) is 4.32. The van der Waals surface area contributed by atoms with Gasteiger partial charge in [0.25, 0.3) is 0 Å². The smallest absolute Gasteiger partial charge is 0.191 e. The van der Waals surface area contributed by atoms with Gasteiger partial charge in [0.2, 0.25) is 0 Å². The van der Waals surface area contributed by atoms with Crippen LogP contribution in [0.5, 0.6) is 0 Å². The Morgan fingerprint density at radius 2 is 2.04 bits per heavy atom. The van der Waals surface area contributed by atoms with E-state index in [2.05, 4.69) is 41.3 Å². The normalized spacial score (nSPS) is 22.1. The zero-order valence-electron chi connectivity index (χ0n) is 14.3. The van der Waals surface area contributed by atoms with Gasteiger partial charge in [0.05, 0.1) is 0 Å². The van der Waals surface area contributed by atoms with Crippen molar-refractivity contribution in [2.45, 2.75) is 39.4 Å². The summed E-state index contributed by atoms with van der Waals surface area (Å²) in [6.45, 7) is 9.66. The van der Waals surface area contributed by atoms with Crippen LogP contribution < -0.4 is 10.6 Å². The van der Waals surface area contributed by atoms with E-state index in [0.29, 0.717) is 24.5 Å². The standard InChI is InChI=1S/C17H27ClN4.HI/c1-12(2)22-10-13(3)16(11-22)21-17(19-4)20-9-14-7-5-6-8-15(14)18;/h5-8,12-13,16H,9-11H2,1-4H3,(H2,19,20,21);1H. The number of benzene rings is 1. The van der Waals surface area contributed by atoms with Gasteiger partial charge < -0.3 is 10.6 Å². The van der Waals surface area contributed by atoms with Crippen LogP contribution in [0.2, 0.25) is 5.02 Å². The molecule has 0 saturated carbocycles. The molecule has 0 bridgehead atoms. The van der Waals surface area contributed by atoms with Gasteiger partial charge in [-0.3, -0.25) is 9.89 Å². The molecule has 0 amide bonds. The molecule has 23 heavy (non-hydrogen) atoms. The van der Waals surface area contributed by atoms with E-state index in [-0.39, 0.29) is 24.0 Å². The fraction of sp³-hybridized carbons (Fsp3) is 0.588. The van der Waals surface area contributed by atoms with Crippen LogP contribution in [-0.4, -0.2) is 43.1 Å². The molecule has 0 radical (unpaired) electrons. The van der Waals surface area contributed by atoms with Crippen molar-refractivity contribution in [2.75, 3.05) is 20.1 Å². The molecule has 130 valence electrons. The number of likely N-dealkylation sites (tertiary alicyclic amines) is 1. The van der Waals surface area contributed by atoms with Gasteiger partial charge in [-0.05, 0) is 31.4 Å². The molecule has 1 aliphatic rings. The third kappa shape index (κ3) is 5.80. The summed E-state index contributed by atoms with van der Waals surface area (Å²) in [5.74, 6) is 1.45. The molecule has 0 spiro atoms. The highest BCUT2D eigenvalue weighted by Gasteiger charge is 2.31. The second-order valence-corrected chi connectivity index (χ2v) is 6.70. The van der Waals surface area contributed by atoms with E-state index in [1.54, 1.807) is 0 Å². The second kappa shape index (κ2) is 9.69. The Bertz CT molecular complexity index is 521. The Hall–Kier alpha value is -0.530. The lowest BCUT2D eigenvalue weighted by atomic mass is 10.1. The summed E-state index contributed by atoms with van der Waals surface area (Å²) in [4.78, 5) is 6.84. The van der Waals surface area contributed by atoms with E-state index in [1.165, 1.54) is 0 Å². The predicted molar refractivity (Wildman–Crippen MR) is 110 cm³/mol. The largest absolute Gasteiger partial charge is 0.352 e. The molecule has 1 aromatic carbocycles. The van der Waals surface area contributed by atoms with Gasteiger partial charge in [0, 0.05) is 43.8 Å². The van der Waals surface area contributed by atoms with Crippen molar-refractivity contribution in [1.29, 1.82) is 0 Å². The second-order valence-electron chi connectivity index (χ2n) is 6.29. The van der Waals surface area contributed by atoms with Crippen molar-refractivity contribution < 1.29 is 0 Å². The summed E-state index contributed by atoms with van der Waals surface area (Å²) in [6, 6.07) is 8.90. The van der Waals surface area contributed by atoms with E-state index < -0.39 is 0 Å². The first-order valence-electron chi connectivity index (χ1n) is 7.96. The van der Waals surface area contributed by atoms with Crippen molar-refractivity contribution >= 4 is 41.5 Å². The van der Waals surface area contributed by atoms with Gasteiger partial charge in [0.1, 0.15) is 0 Å². The van der Waals surface area contributed by atoms with Gasteiger partial charge in [-0.2, -0.15) is 0 Å². The van der Waals surface area contributed by atoms with Gasteiger partial charge >= 0.3 is 0 Å². The fourth-order valence-electron chi connectivity index (χ4n) is 2.80. The molecule has 1 fully saturated rings. The lowest BCUT2D eigenvalue weighted by molar-refractivity contribution is 0.265. The molecule has 1 saturated heterocycles. The molecule has 2 unspecified atom stereocenters. The van der Waals surface area contributed by atoms with Crippen molar-refractivity contribution in [3.63, 3.8) is 0 Å². The maximum Gasteiger partial charge on any atom is 0.191 e. The first kappa shape index (κ1) is 20.5. The van der Waals surface area contributed by atoms with Crippen molar-refractivity contribution in [3.8, 4) is 0 Å². The zero-order valence-corrected chi connectivity index (χ0v) is 17.4. The Morgan fingerprint density at radius 3 is 2.61 bits per heavy atom. The topological polar surface area (TPSA) is 39.7 Å². The number of guanidine groups is 1. The number of hydrogen-bond donors (Lipinski definition) is 2. The van der Waals surface area contributed by atoms with E-state index in [4.69, 9.17) is 11.6 Å². The molecule has 1 aromatic rings. The summed E-state index contributed by atoms with van der Waals surface area (Å²) in [7, 11) is 1.81. The molecular formula is C17H28ClIN4. The van der Waals surface area contributed by atoms with Crippen LogP contribution in [0.4, 0.5) is 0 Å². The number of nitrogens with zero attached hydrogens (tertiary/aromatic N) is 2. The highest BCUT2D eigenvalue weighted by molar-refractivity contribution is 14.0. The van der Waals surface area contributed by atoms with Crippen LogP contribution >= 0.6 is 35.6 Å². The minimum absolute atomic E-state index is 0. The van der Waals surface area contributed by atoms with Crippen LogP contribution in [0.25, 0.3) is 0 Å². The van der Waals surface area contributed by atoms with Crippen molar-refractivity contribution in [2.24, 2.45) is 10.9 Å². The third-order valence-corrected chi connectivity index (χ3v) is 4.69. The monoisotopic (exact) mass is 450 g/mol. The number of hydrogen-bond acceptors (Lipinski definition) is 2. The number of aliphatic imine (C=N–C) groups is 1. The highest BCUT2D eigenvalue weighted by atomic mass is 127. The van der Waals surface area contributed by atoms with Crippen LogP contribution in [0.15, 0.2) is 29.3 Å². The Balaban J connectivity index is 0.00000264. The molecule has 1 aliphatic heterocycles. The highest BCUT2D eigenvalue weighted by Crippen LogP contribution is 2.18. The summed E-state index contributed by atoms with van der Waals surface area (Å²) in [6.07, 6.45) is 0. The first-order chi connectivity index (χ1) is 10.5. The quantitative estimate of drug-likeness (QED) is 0.420. The van der Waals surface area contributed by atoms with E-state index in [1.807, 2.05) is 31.3 Å². The fourth-order valence-corrected chi connectivity index (χ4v) is 3.01. The van der Waals surface area contributed by atoms with Crippen LogP contribution in [0.1, 0.15) is 26.3 Å². The molecule has 6 heteroatoms. The molecule has 0 aliphatic carbocycles. The molecule has 1 heterocycles.